The number of allylic oxidation sites excluding steroid dienone is 1. The predicted molar refractivity (Wildman–Crippen MR) is 101 cm³/mol. The Morgan fingerprint density at radius 3 is 2.04 bits per heavy atom. The van der Waals surface area contributed by atoms with Crippen LogP contribution in [0.5, 0.6) is 0 Å². The molecule has 0 saturated carbocycles. The maximum atomic E-state index is 12.4. The number of ether oxygens (including phenoxy) is 1. The first-order valence-electron chi connectivity index (χ1n) is 8.32. The summed E-state index contributed by atoms with van der Waals surface area (Å²) in [5.74, 6) is -1.81. The quantitative estimate of drug-likeness (QED) is 0.286. The molecule has 0 aliphatic rings. The van der Waals surface area contributed by atoms with Crippen molar-refractivity contribution in [3.8, 4) is 0 Å². The first-order chi connectivity index (χ1) is 12.6. The van der Waals surface area contributed by atoms with Gasteiger partial charge in [0.2, 0.25) is 10.0 Å². The Bertz CT molecular complexity index is 836. The highest BCUT2D eigenvalue weighted by molar-refractivity contribution is 7.89. The monoisotopic (exact) mass is 396 g/mol. The minimum absolute atomic E-state index is 0.0591. The number of ketones is 1. The molecule has 8 nitrogen and oxygen atoms in total. The number of rotatable bonds is 9. The first-order valence-corrected chi connectivity index (χ1v) is 9.76. The van der Waals surface area contributed by atoms with Crippen molar-refractivity contribution in [2.45, 2.75) is 32.6 Å². The summed E-state index contributed by atoms with van der Waals surface area (Å²) < 4.78 is 31.1. The molecule has 9 heteroatoms. The number of benzene rings is 1. The molecule has 0 radical (unpaired) electrons. The lowest BCUT2D eigenvalue weighted by molar-refractivity contribution is -0.113. The van der Waals surface area contributed by atoms with Crippen LogP contribution in [0.2, 0.25) is 0 Å². The van der Waals surface area contributed by atoms with E-state index >= 15 is 0 Å². The topological polar surface area (TPSA) is 125 Å². The number of nitrogens with zero attached hydrogens (tertiary/aromatic N) is 1. The number of aliphatic hydroxyl groups excluding tert-OH is 1. The Kier molecular flexibility index (Phi) is 7.86. The molecule has 148 valence electrons. The molecule has 0 aromatic heterocycles. The maximum Gasteiger partial charge on any atom is 0.338 e. The molecule has 0 aliphatic heterocycles. The SMILES string of the molecule is CCN(CC)S(=O)(=O)c1ccc(C(=O)OC/C(O)=C(\C(C)=N)C(C)=O)cc1. The lowest BCUT2D eigenvalue weighted by Gasteiger charge is -2.18. The van der Waals surface area contributed by atoms with Gasteiger partial charge in [0.15, 0.2) is 5.78 Å². The van der Waals surface area contributed by atoms with E-state index in [9.17, 15) is 23.1 Å². The predicted octanol–water partition coefficient (Wildman–Crippen LogP) is 2.31. The smallest absolute Gasteiger partial charge is 0.338 e. The van der Waals surface area contributed by atoms with Crippen LogP contribution in [0.3, 0.4) is 0 Å². The summed E-state index contributed by atoms with van der Waals surface area (Å²) in [5, 5.41) is 17.3. The van der Waals surface area contributed by atoms with Gasteiger partial charge in [0.1, 0.15) is 12.4 Å². The summed E-state index contributed by atoms with van der Waals surface area (Å²) in [6.45, 7) is 6.10. The molecule has 1 rings (SSSR count). The summed E-state index contributed by atoms with van der Waals surface area (Å²) in [7, 11) is -3.63. The molecule has 0 fully saturated rings. The van der Waals surface area contributed by atoms with Gasteiger partial charge in [0.25, 0.3) is 0 Å². The third-order valence-corrected chi connectivity index (χ3v) is 5.85. The highest BCUT2D eigenvalue weighted by atomic mass is 32.2. The molecular formula is C18H24N2O6S. The van der Waals surface area contributed by atoms with Crippen LogP contribution in [0.15, 0.2) is 40.5 Å². The zero-order chi connectivity index (χ0) is 20.8. The number of aliphatic hydroxyl groups is 1. The summed E-state index contributed by atoms with van der Waals surface area (Å²) in [5.41, 5.74) is -0.247. The fraction of sp³-hybridized carbons (Fsp3) is 0.389. The average molecular weight is 396 g/mol. The average Bonchev–Trinajstić information content (AvgIpc) is 2.60. The largest absolute Gasteiger partial charge is 0.508 e. The van der Waals surface area contributed by atoms with Crippen LogP contribution in [0, 0.1) is 5.41 Å². The maximum absolute atomic E-state index is 12.4. The number of carbonyl (C=O) groups is 2. The molecular weight excluding hydrogens is 372 g/mol. The molecule has 27 heavy (non-hydrogen) atoms. The van der Waals surface area contributed by atoms with Gasteiger partial charge < -0.3 is 15.3 Å². The van der Waals surface area contributed by atoms with E-state index in [1.54, 1.807) is 13.8 Å². The van der Waals surface area contributed by atoms with E-state index in [-0.39, 0.29) is 21.7 Å². The number of esters is 1. The van der Waals surface area contributed by atoms with Gasteiger partial charge in [-0.15, -0.1) is 0 Å². The zero-order valence-electron chi connectivity index (χ0n) is 15.8. The van der Waals surface area contributed by atoms with Crippen LogP contribution in [0.1, 0.15) is 38.1 Å². The lowest BCUT2D eigenvalue weighted by Crippen LogP contribution is -2.30. The van der Waals surface area contributed by atoms with Crippen molar-refractivity contribution in [1.29, 1.82) is 5.41 Å². The molecule has 1 aromatic rings. The Morgan fingerprint density at radius 2 is 1.63 bits per heavy atom. The highest BCUT2D eigenvalue weighted by Crippen LogP contribution is 2.17. The number of Topliss-reactive ketones (excluding diaryl/α,β-unsaturated/α-hetero) is 1. The van der Waals surface area contributed by atoms with Gasteiger partial charge in [-0.05, 0) is 38.1 Å². The van der Waals surface area contributed by atoms with E-state index in [1.165, 1.54) is 42.4 Å². The Balaban J connectivity index is 2.94. The van der Waals surface area contributed by atoms with Crippen LogP contribution in [-0.4, -0.2) is 55.0 Å². The minimum Gasteiger partial charge on any atom is -0.508 e. The van der Waals surface area contributed by atoms with E-state index < -0.39 is 34.1 Å². The summed E-state index contributed by atoms with van der Waals surface area (Å²) in [4.78, 5) is 23.5. The Hall–Kier alpha value is -2.52. The normalized spacial score (nSPS) is 12.5. The van der Waals surface area contributed by atoms with E-state index in [0.717, 1.165) is 0 Å². The third-order valence-electron chi connectivity index (χ3n) is 3.79. The van der Waals surface area contributed by atoms with Gasteiger partial charge in [0, 0.05) is 18.8 Å². The fourth-order valence-corrected chi connectivity index (χ4v) is 3.91. The molecule has 0 aliphatic carbocycles. The van der Waals surface area contributed by atoms with Crippen molar-refractivity contribution >= 4 is 27.5 Å². The van der Waals surface area contributed by atoms with Gasteiger partial charge in [-0.1, -0.05) is 13.8 Å². The number of hydrogen-bond donors (Lipinski definition) is 2. The zero-order valence-corrected chi connectivity index (χ0v) is 16.6. The van der Waals surface area contributed by atoms with Crippen LogP contribution >= 0.6 is 0 Å². The molecule has 0 bridgehead atoms. The summed E-state index contributed by atoms with van der Waals surface area (Å²) >= 11 is 0. The van der Waals surface area contributed by atoms with Crippen LogP contribution < -0.4 is 0 Å². The van der Waals surface area contributed by atoms with Crippen molar-refractivity contribution in [3.63, 3.8) is 0 Å². The van der Waals surface area contributed by atoms with Crippen LogP contribution in [-0.2, 0) is 19.6 Å². The molecule has 1 aromatic carbocycles. The molecule has 0 unspecified atom stereocenters. The van der Waals surface area contributed by atoms with Crippen molar-refractivity contribution in [2.24, 2.45) is 0 Å². The third kappa shape index (κ3) is 5.48. The van der Waals surface area contributed by atoms with Gasteiger partial charge in [-0.2, -0.15) is 4.31 Å². The standard InChI is InChI=1S/C18H24N2O6S/c1-5-20(6-2)27(24,25)15-9-7-14(8-10-15)18(23)26-11-16(22)17(12(3)19)13(4)21/h7-10,19,22H,5-6,11H2,1-4H3/b17-16-,19-12?. The Morgan fingerprint density at radius 1 is 1.11 bits per heavy atom. The second-order valence-corrected chi connectivity index (χ2v) is 7.63. The van der Waals surface area contributed by atoms with Crippen molar-refractivity contribution < 1.29 is 27.9 Å². The summed E-state index contributed by atoms with van der Waals surface area (Å²) in [6, 6.07) is 5.24. The van der Waals surface area contributed by atoms with Crippen molar-refractivity contribution in [2.75, 3.05) is 19.7 Å². The lowest BCUT2D eigenvalue weighted by atomic mass is 10.1. The van der Waals surface area contributed by atoms with E-state index in [4.69, 9.17) is 10.1 Å². The molecule has 0 amide bonds. The van der Waals surface area contributed by atoms with E-state index in [1.807, 2.05) is 0 Å². The Labute approximate surface area is 159 Å². The van der Waals surface area contributed by atoms with Crippen LogP contribution in [0.25, 0.3) is 0 Å². The number of hydrogen-bond acceptors (Lipinski definition) is 7. The molecule has 0 spiro atoms. The van der Waals surface area contributed by atoms with Gasteiger partial charge in [0.05, 0.1) is 16.0 Å². The van der Waals surface area contributed by atoms with Crippen LogP contribution in [0.4, 0.5) is 0 Å². The van der Waals surface area contributed by atoms with Crippen molar-refractivity contribution in [1.82, 2.24) is 4.31 Å². The second kappa shape index (κ2) is 9.43. The number of nitrogens with one attached hydrogen (secondary N) is 1. The summed E-state index contributed by atoms with van der Waals surface area (Å²) in [6.07, 6.45) is 0. The van der Waals surface area contributed by atoms with Gasteiger partial charge >= 0.3 is 5.97 Å². The molecule has 0 heterocycles. The molecule has 2 N–H and O–H groups in total. The van der Waals surface area contributed by atoms with Gasteiger partial charge in [-0.25, -0.2) is 13.2 Å². The highest BCUT2D eigenvalue weighted by Gasteiger charge is 2.22. The number of sulfonamides is 1. The minimum atomic E-state index is -3.63. The van der Waals surface area contributed by atoms with Crippen molar-refractivity contribution in [3.05, 3.63) is 41.2 Å². The fourth-order valence-electron chi connectivity index (χ4n) is 2.45. The second-order valence-electron chi connectivity index (χ2n) is 5.69. The molecule has 0 atom stereocenters. The first kappa shape index (κ1) is 22.5. The van der Waals surface area contributed by atoms with Gasteiger partial charge in [-0.3, -0.25) is 4.79 Å². The number of carbonyl (C=O) groups excluding carboxylic acids is 2. The molecule has 0 saturated heterocycles. The van der Waals surface area contributed by atoms with E-state index in [2.05, 4.69) is 0 Å². The van der Waals surface area contributed by atoms with E-state index in [0.29, 0.717) is 13.1 Å².